The van der Waals surface area contributed by atoms with Gasteiger partial charge in [0, 0.05) is 48.4 Å². The van der Waals surface area contributed by atoms with E-state index >= 15 is 0 Å². The van der Waals surface area contributed by atoms with Crippen LogP contribution < -0.4 is 15.3 Å². The molecule has 0 aromatic carbocycles. The number of hydrogen-bond donors (Lipinski definition) is 5. The zero-order valence-electron chi connectivity index (χ0n) is 18.0. The third-order valence-corrected chi connectivity index (χ3v) is 4.03. The molecule has 1 aliphatic rings. The van der Waals surface area contributed by atoms with Crippen molar-refractivity contribution in [3.8, 4) is 0 Å². The normalized spacial score (nSPS) is 28.0. The van der Waals surface area contributed by atoms with Gasteiger partial charge in [-0.1, -0.05) is 0 Å². The molecule has 0 aromatic rings. The van der Waals surface area contributed by atoms with E-state index in [0.29, 0.717) is 12.1 Å². The summed E-state index contributed by atoms with van der Waals surface area (Å²) in [6, 6.07) is 0.600. The third kappa shape index (κ3) is 16.1. The van der Waals surface area contributed by atoms with Crippen LogP contribution in [-0.2, 0) is 0 Å². The first-order chi connectivity index (χ1) is 12.0. The second kappa shape index (κ2) is 10.8. The molecule has 2 atom stereocenters. The van der Waals surface area contributed by atoms with Crippen molar-refractivity contribution in [2.24, 2.45) is 9.98 Å². The summed E-state index contributed by atoms with van der Waals surface area (Å²) in [7, 11) is -4.19. The summed E-state index contributed by atoms with van der Waals surface area (Å²) in [6.07, 6.45) is 1.94. The molecule has 0 saturated heterocycles. The average Bonchev–Trinajstić information content (AvgIpc) is 2.39. The minimum absolute atomic E-state index is 0.0573. The van der Waals surface area contributed by atoms with Gasteiger partial charge in [-0.3, -0.25) is 9.98 Å². The van der Waals surface area contributed by atoms with Gasteiger partial charge in [-0.25, -0.2) is 0 Å². The Morgan fingerprint density at radius 3 is 1.37 bits per heavy atom. The fourth-order valence-corrected chi connectivity index (χ4v) is 3.19. The monoisotopic (exact) mass is 410 g/mol. The Hall–Kier alpha value is -0.610. The second-order valence-electron chi connectivity index (χ2n) is 8.74. The van der Waals surface area contributed by atoms with Crippen LogP contribution in [-0.4, -0.2) is 61.7 Å². The van der Waals surface area contributed by atoms with Gasteiger partial charge in [0.1, 0.15) is 0 Å². The Bertz CT molecular complexity index is 470. The first-order valence-electron chi connectivity index (χ1n) is 9.22. The summed E-state index contributed by atoms with van der Waals surface area (Å²) >= 11 is 0. The molecule has 0 radical (unpaired) electrons. The van der Waals surface area contributed by atoms with Crippen molar-refractivity contribution in [1.29, 1.82) is 0 Å². The molecule has 5 N–H and O–H groups in total. The van der Waals surface area contributed by atoms with E-state index in [0.717, 1.165) is 25.9 Å². The van der Waals surface area contributed by atoms with Crippen molar-refractivity contribution >= 4 is 11.4 Å². The van der Waals surface area contributed by atoms with Crippen LogP contribution in [0.25, 0.3) is 0 Å². The summed E-state index contributed by atoms with van der Waals surface area (Å²) in [6.45, 7) is 19.4. The first-order valence-corrected chi connectivity index (χ1v) is 10.5. The van der Waals surface area contributed by atoms with Crippen LogP contribution in [0.3, 0.4) is 0 Å². The minimum atomic E-state index is -4.19. The zero-order chi connectivity index (χ0) is 21.5. The molecular weight excluding hydrogens is 372 g/mol. The summed E-state index contributed by atoms with van der Waals surface area (Å²) in [5.41, 5.74) is 2.55. The zero-order valence-corrected chi connectivity index (χ0v) is 18.8. The van der Waals surface area contributed by atoms with E-state index < -0.39 is 10.2 Å². The predicted octanol–water partition coefficient (Wildman–Crippen LogP) is 0.355. The van der Waals surface area contributed by atoms with E-state index in [9.17, 15) is 0 Å². The quantitative estimate of drug-likeness (QED) is 0.391. The molecule has 0 saturated carbocycles. The van der Waals surface area contributed by atoms with E-state index in [1.54, 1.807) is 0 Å². The number of halogens is 1. The molecule has 2 unspecified atom stereocenters. The van der Waals surface area contributed by atoms with Crippen molar-refractivity contribution in [3.63, 3.8) is 0 Å². The van der Waals surface area contributed by atoms with Gasteiger partial charge in [-0.2, -0.15) is 0 Å². The van der Waals surface area contributed by atoms with Crippen LogP contribution in [0.1, 0.15) is 68.2 Å². The van der Waals surface area contributed by atoms with Crippen molar-refractivity contribution in [1.82, 2.24) is 10.6 Å². The number of hydrogen-bond acceptors (Lipinski definition) is 8. The van der Waals surface area contributed by atoms with E-state index in [-0.39, 0.29) is 11.1 Å². The molecule has 0 amide bonds. The van der Waals surface area contributed by atoms with E-state index in [4.69, 9.17) is 28.6 Å². The van der Waals surface area contributed by atoms with Crippen molar-refractivity contribution in [2.45, 2.75) is 91.4 Å². The molecule has 1 rings (SSSR count). The van der Waals surface area contributed by atoms with Gasteiger partial charge < -0.3 is 10.6 Å². The van der Waals surface area contributed by atoms with Gasteiger partial charge in [0.2, 0.25) is 0 Å². The van der Waals surface area contributed by atoms with Crippen LogP contribution in [0.4, 0.5) is 0 Å². The molecule has 9 heteroatoms. The molecule has 162 valence electrons. The molecule has 1 aliphatic heterocycles. The Labute approximate surface area is 165 Å². The summed E-state index contributed by atoms with van der Waals surface area (Å²) in [5.74, 6) is 0. The molecular formula is C18H39ClN4O4. The Morgan fingerprint density at radius 2 is 1.11 bits per heavy atom. The van der Waals surface area contributed by atoms with Crippen molar-refractivity contribution < 1.29 is 28.9 Å². The first kappa shape index (κ1) is 26.4. The molecule has 27 heavy (non-hydrogen) atoms. The number of rotatable bonds is 0. The average molecular weight is 411 g/mol. The molecule has 0 spiro atoms. The second-order valence-corrected chi connectivity index (χ2v) is 9.61. The van der Waals surface area contributed by atoms with Crippen LogP contribution >= 0.6 is 0 Å². The topological polar surface area (TPSA) is 133 Å². The van der Waals surface area contributed by atoms with Gasteiger partial charge >= 0.3 is 28.9 Å². The van der Waals surface area contributed by atoms with Gasteiger partial charge in [0.15, 0.2) is 0 Å². The molecule has 8 nitrogen and oxygen atoms in total. The number of nitrogens with one attached hydrogen (secondary N) is 2. The van der Waals surface area contributed by atoms with Gasteiger partial charge in [0.25, 0.3) is 0 Å². The number of nitrogens with zero attached hydrogens (tertiary/aromatic N) is 2. The molecule has 0 aliphatic carbocycles. The van der Waals surface area contributed by atoms with Gasteiger partial charge in [0.05, 0.1) is 12.1 Å². The van der Waals surface area contributed by atoms with E-state index in [1.165, 1.54) is 11.4 Å². The SMILES string of the molecule is CC1=NC(C)CNC(C)(C)CC(C)=NC(C)CNC(C)(C)C1.[O-][Cl+](O)(O)O. The van der Waals surface area contributed by atoms with Gasteiger partial charge in [-0.15, -0.1) is 0 Å². The van der Waals surface area contributed by atoms with E-state index in [1.807, 2.05) is 0 Å². The Morgan fingerprint density at radius 1 is 0.852 bits per heavy atom. The van der Waals surface area contributed by atoms with Crippen molar-refractivity contribution in [2.75, 3.05) is 13.1 Å². The molecule has 0 fully saturated rings. The molecule has 0 bridgehead atoms. The van der Waals surface area contributed by atoms with Crippen molar-refractivity contribution in [3.05, 3.63) is 0 Å². The van der Waals surface area contributed by atoms with Gasteiger partial charge in [-0.05, 0) is 55.4 Å². The fraction of sp³-hybridized carbons (Fsp3) is 0.889. The predicted molar refractivity (Wildman–Crippen MR) is 105 cm³/mol. The van der Waals surface area contributed by atoms with Crippen LogP contribution in [0.2, 0.25) is 0 Å². The van der Waals surface area contributed by atoms with Crippen LogP contribution in [0.15, 0.2) is 9.98 Å². The Kier molecular flexibility index (Phi) is 10.6. The standard InChI is InChI=1S/C18H36N4.ClH3O4/c1-13-9-17(5,6)19-12-16(4)22-14(2)10-18(7,8)20-11-15(3)21-13;2-1(3,4)5/h15-16,19-20H,9-12H2,1-8H3;2-4H. The van der Waals surface area contributed by atoms with Crippen LogP contribution in [0.5, 0.6) is 0 Å². The molecule has 1 heterocycles. The Balaban J connectivity index is 0.00000119. The summed E-state index contributed by atoms with van der Waals surface area (Å²) in [4.78, 5) is 9.70. The third-order valence-electron chi connectivity index (χ3n) is 4.03. The summed E-state index contributed by atoms with van der Waals surface area (Å²) < 4.78 is 30.2. The molecule has 0 aromatic heterocycles. The maximum atomic E-state index is 8.83. The maximum absolute atomic E-state index is 8.83. The fourth-order valence-electron chi connectivity index (χ4n) is 3.19. The number of aliphatic imine (C=N–C) groups is 2. The van der Waals surface area contributed by atoms with E-state index in [2.05, 4.69) is 66.0 Å². The van der Waals surface area contributed by atoms with Crippen LogP contribution in [0, 0.1) is 10.2 Å². The summed E-state index contributed by atoms with van der Waals surface area (Å²) in [5, 5.41) is 7.29.